The Labute approximate surface area is 202 Å². The highest BCUT2D eigenvalue weighted by Crippen LogP contribution is 2.33. The van der Waals surface area contributed by atoms with Crippen LogP contribution in [0.3, 0.4) is 0 Å². The van der Waals surface area contributed by atoms with E-state index in [-0.39, 0.29) is 35.5 Å². The molecule has 0 aliphatic carbocycles. The predicted molar refractivity (Wildman–Crippen MR) is 130 cm³/mol. The van der Waals surface area contributed by atoms with Gasteiger partial charge in [-0.3, -0.25) is 9.59 Å². The summed E-state index contributed by atoms with van der Waals surface area (Å²) in [5, 5.41) is 6.59. The number of amides is 2. The molecule has 0 spiro atoms. The van der Waals surface area contributed by atoms with Gasteiger partial charge in [0, 0.05) is 60.9 Å². The summed E-state index contributed by atoms with van der Waals surface area (Å²) in [5.41, 5.74) is 1.96. The second-order valence-electron chi connectivity index (χ2n) is 8.57. The van der Waals surface area contributed by atoms with Crippen molar-refractivity contribution in [3.63, 3.8) is 0 Å². The number of hydrogen-bond donors (Lipinski definition) is 2. The zero-order chi connectivity index (χ0) is 24.2. The number of ether oxygens (including phenoxy) is 2. The zero-order valence-corrected chi connectivity index (χ0v) is 19.8. The Bertz CT molecular complexity index is 1080. The molecule has 9 heteroatoms. The van der Waals surface area contributed by atoms with Crippen LogP contribution in [-0.2, 0) is 14.3 Å². The van der Waals surface area contributed by atoms with Crippen LogP contribution in [0.1, 0.15) is 12.5 Å². The number of nitrogens with zero attached hydrogens (tertiary/aromatic N) is 1. The Hall–Kier alpha value is -3.10. The second kappa shape index (κ2) is 10.4. The van der Waals surface area contributed by atoms with Crippen LogP contribution in [0.15, 0.2) is 42.5 Å². The predicted octanol–water partition coefficient (Wildman–Crippen LogP) is 4.04. The number of likely N-dealkylation sites (tertiary alicyclic amines) is 1. The van der Waals surface area contributed by atoms with Crippen molar-refractivity contribution < 1.29 is 23.5 Å². The van der Waals surface area contributed by atoms with Gasteiger partial charge in [-0.1, -0.05) is 11.6 Å². The molecule has 4 rings (SSSR count). The molecule has 2 aromatic rings. The molecule has 0 unspecified atom stereocenters. The standard InChI is InChI=1S/C25H27ClFN3O4/c1-15(31)28-22-10-21(26)23(33-2)9-16(22)3-8-24(32)30-11-17-13-34-14-18(12-30)25(17)29-20-6-4-19(27)5-7-20/h3-10,17-18,25,29H,11-14H2,1-2H3,(H,28,31)/b8-3+/t17-,18+,25+. The van der Waals surface area contributed by atoms with Crippen LogP contribution in [0.25, 0.3) is 6.08 Å². The summed E-state index contributed by atoms with van der Waals surface area (Å²) in [4.78, 5) is 26.5. The lowest BCUT2D eigenvalue weighted by molar-refractivity contribution is -0.133. The van der Waals surface area contributed by atoms with Gasteiger partial charge in [0.05, 0.1) is 25.3 Å². The topological polar surface area (TPSA) is 79.9 Å². The first-order valence-corrected chi connectivity index (χ1v) is 11.4. The van der Waals surface area contributed by atoms with E-state index in [0.29, 0.717) is 48.3 Å². The fourth-order valence-corrected chi connectivity index (χ4v) is 4.76. The fourth-order valence-electron chi connectivity index (χ4n) is 4.52. The van der Waals surface area contributed by atoms with E-state index in [9.17, 15) is 14.0 Å². The summed E-state index contributed by atoms with van der Waals surface area (Å²) in [6, 6.07) is 9.72. The summed E-state index contributed by atoms with van der Waals surface area (Å²) in [6.45, 7) is 3.58. The van der Waals surface area contributed by atoms with E-state index >= 15 is 0 Å². The molecule has 0 saturated carbocycles. The number of carbonyl (C=O) groups is 2. The molecule has 3 atom stereocenters. The van der Waals surface area contributed by atoms with Gasteiger partial charge in [0.15, 0.2) is 0 Å². The van der Waals surface area contributed by atoms with E-state index in [1.165, 1.54) is 32.2 Å². The number of hydrogen-bond acceptors (Lipinski definition) is 5. The van der Waals surface area contributed by atoms with Crippen molar-refractivity contribution in [1.29, 1.82) is 0 Å². The molecule has 2 amide bonds. The maximum atomic E-state index is 13.2. The number of halogens is 2. The minimum absolute atomic E-state index is 0.112. The SMILES string of the molecule is COc1cc(/C=C/C(=O)N2C[C@H]3COC[C@@H](C2)[C@@H]3Nc2ccc(F)cc2)c(NC(C)=O)cc1Cl. The Morgan fingerprint density at radius 3 is 2.47 bits per heavy atom. The number of anilines is 2. The van der Waals surface area contributed by atoms with Crippen LogP contribution in [0.2, 0.25) is 5.02 Å². The lowest BCUT2D eigenvalue weighted by atomic mass is 9.82. The number of piperidine rings is 1. The average Bonchev–Trinajstić information content (AvgIpc) is 2.79. The van der Waals surface area contributed by atoms with Crippen molar-refractivity contribution in [3.8, 4) is 5.75 Å². The van der Waals surface area contributed by atoms with E-state index in [4.69, 9.17) is 21.1 Å². The zero-order valence-electron chi connectivity index (χ0n) is 19.0. The van der Waals surface area contributed by atoms with Crippen LogP contribution in [-0.4, -0.2) is 56.2 Å². The molecule has 2 bridgehead atoms. The van der Waals surface area contributed by atoms with Gasteiger partial charge in [-0.2, -0.15) is 0 Å². The first kappa shape index (κ1) is 24.0. The highest BCUT2D eigenvalue weighted by atomic mass is 35.5. The van der Waals surface area contributed by atoms with E-state index < -0.39 is 0 Å². The number of rotatable bonds is 6. The molecular weight excluding hydrogens is 461 g/mol. The number of benzene rings is 2. The van der Waals surface area contributed by atoms with E-state index in [1.54, 1.807) is 30.3 Å². The fraction of sp³-hybridized carbons (Fsp3) is 0.360. The summed E-state index contributed by atoms with van der Waals surface area (Å²) in [7, 11) is 1.50. The van der Waals surface area contributed by atoms with E-state index in [0.717, 1.165) is 5.69 Å². The third-order valence-electron chi connectivity index (χ3n) is 6.12. The van der Waals surface area contributed by atoms with Gasteiger partial charge in [-0.15, -0.1) is 0 Å². The molecule has 2 fully saturated rings. The van der Waals surface area contributed by atoms with Crippen LogP contribution in [0, 0.1) is 17.7 Å². The minimum Gasteiger partial charge on any atom is -0.495 e. The quantitative estimate of drug-likeness (QED) is 0.601. The van der Waals surface area contributed by atoms with Crippen molar-refractivity contribution in [2.75, 3.05) is 44.0 Å². The summed E-state index contributed by atoms with van der Waals surface area (Å²) >= 11 is 6.19. The molecule has 2 heterocycles. The summed E-state index contributed by atoms with van der Waals surface area (Å²) in [5.74, 6) is 0.0232. The Balaban J connectivity index is 1.47. The van der Waals surface area contributed by atoms with Crippen molar-refractivity contribution in [2.45, 2.75) is 13.0 Å². The molecule has 2 N–H and O–H groups in total. The van der Waals surface area contributed by atoms with Gasteiger partial charge in [0.2, 0.25) is 11.8 Å². The molecule has 0 aromatic heterocycles. The Morgan fingerprint density at radius 1 is 1.18 bits per heavy atom. The van der Waals surface area contributed by atoms with Gasteiger partial charge >= 0.3 is 0 Å². The smallest absolute Gasteiger partial charge is 0.246 e. The largest absolute Gasteiger partial charge is 0.495 e. The van der Waals surface area contributed by atoms with Crippen molar-refractivity contribution >= 4 is 40.9 Å². The number of methoxy groups -OCH3 is 1. The first-order chi connectivity index (χ1) is 16.3. The molecule has 2 aliphatic rings. The van der Waals surface area contributed by atoms with Crippen LogP contribution < -0.4 is 15.4 Å². The first-order valence-electron chi connectivity index (χ1n) is 11.1. The van der Waals surface area contributed by atoms with Crippen molar-refractivity contribution in [1.82, 2.24) is 4.90 Å². The molecule has 7 nitrogen and oxygen atoms in total. The average molecular weight is 488 g/mol. The van der Waals surface area contributed by atoms with E-state index in [1.807, 2.05) is 4.90 Å². The summed E-state index contributed by atoms with van der Waals surface area (Å²) in [6.07, 6.45) is 3.15. The maximum absolute atomic E-state index is 13.2. The normalized spacial score (nSPS) is 21.9. The maximum Gasteiger partial charge on any atom is 0.246 e. The lowest BCUT2D eigenvalue weighted by Gasteiger charge is -2.47. The van der Waals surface area contributed by atoms with Crippen LogP contribution in [0.5, 0.6) is 5.75 Å². The number of fused-ring (bicyclic) bond motifs is 2. The van der Waals surface area contributed by atoms with Crippen molar-refractivity contribution in [2.24, 2.45) is 11.8 Å². The number of nitrogens with one attached hydrogen (secondary N) is 2. The summed E-state index contributed by atoms with van der Waals surface area (Å²) < 4.78 is 24.3. The van der Waals surface area contributed by atoms with Gasteiger partial charge in [0.25, 0.3) is 0 Å². The molecule has 2 aromatic carbocycles. The van der Waals surface area contributed by atoms with Gasteiger partial charge in [-0.25, -0.2) is 4.39 Å². The van der Waals surface area contributed by atoms with Gasteiger partial charge < -0.3 is 25.0 Å². The molecule has 2 saturated heterocycles. The highest BCUT2D eigenvalue weighted by molar-refractivity contribution is 6.32. The number of carbonyl (C=O) groups excluding carboxylic acids is 2. The monoisotopic (exact) mass is 487 g/mol. The van der Waals surface area contributed by atoms with Gasteiger partial charge in [0.1, 0.15) is 11.6 Å². The van der Waals surface area contributed by atoms with Gasteiger partial charge in [-0.05, 0) is 42.5 Å². The third-order valence-corrected chi connectivity index (χ3v) is 6.41. The highest BCUT2D eigenvalue weighted by Gasteiger charge is 2.41. The molecule has 2 aliphatic heterocycles. The van der Waals surface area contributed by atoms with E-state index in [2.05, 4.69) is 10.6 Å². The Morgan fingerprint density at radius 2 is 1.85 bits per heavy atom. The molecule has 0 radical (unpaired) electrons. The van der Waals surface area contributed by atoms with Crippen molar-refractivity contribution in [3.05, 3.63) is 58.9 Å². The molecule has 180 valence electrons. The van der Waals surface area contributed by atoms with Crippen LogP contribution in [0.4, 0.5) is 15.8 Å². The third kappa shape index (κ3) is 5.51. The minimum atomic E-state index is -0.277. The molecular formula is C25H27ClFN3O4. The van der Waals surface area contributed by atoms with Crippen LogP contribution >= 0.6 is 11.6 Å². The second-order valence-corrected chi connectivity index (χ2v) is 8.97. The Kier molecular flexibility index (Phi) is 7.38. The lowest BCUT2D eigenvalue weighted by Crippen LogP contribution is -2.59. The molecule has 34 heavy (non-hydrogen) atoms.